The minimum absolute atomic E-state index is 0.0173. The molecule has 8 nitrogen and oxygen atoms in total. The van der Waals surface area contributed by atoms with Crippen LogP contribution in [0.1, 0.15) is 36.2 Å². The minimum Gasteiger partial charge on any atom is -0.368 e. The lowest BCUT2D eigenvalue weighted by Gasteiger charge is -2.36. The molecule has 0 radical (unpaired) electrons. The number of rotatable bonds is 6. The number of nitrogens with zero attached hydrogens (tertiary/aromatic N) is 3. The number of anilines is 2. The number of fused-ring (bicyclic) bond motifs is 1. The average Bonchev–Trinajstić information content (AvgIpc) is 3.26. The summed E-state index contributed by atoms with van der Waals surface area (Å²) >= 11 is 3.38. The lowest BCUT2D eigenvalue weighted by atomic mass is 10.1. The van der Waals surface area contributed by atoms with Crippen molar-refractivity contribution in [3.05, 3.63) is 52.0 Å². The van der Waals surface area contributed by atoms with E-state index in [0.717, 1.165) is 11.3 Å². The molecule has 2 aromatic carbocycles. The third-order valence-corrected chi connectivity index (χ3v) is 8.75. The van der Waals surface area contributed by atoms with Crippen molar-refractivity contribution < 1.29 is 22.8 Å². The first-order valence-corrected chi connectivity index (χ1v) is 14.0. The lowest BCUT2D eigenvalue weighted by Crippen LogP contribution is -2.49. The van der Waals surface area contributed by atoms with Crippen LogP contribution in [0.15, 0.2) is 45.8 Å². The molecule has 0 spiro atoms. The fraction of sp³-hybridized carbons (Fsp3) is 0.400. The van der Waals surface area contributed by atoms with Crippen molar-refractivity contribution in [1.29, 1.82) is 0 Å². The molecule has 2 heterocycles. The predicted octanol–water partition coefficient (Wildman–Crippen LogP) is 3.07. The Morgan fingerprint density at radius 3 is 2.20 bits per heavy atom. The molecule has 2 amide bonds. The molecular formula is C25H28BrN3O5S. The maximum absolute atomic E-state index is 13.3. The fourth-order valence-electron chi connectivity index (χ4n) is 4.63. The van der Waals surface area contributed by atoms with Crippen LogP contribution in [0.5, 0.6) is 0 Å². The monoisotopic (exact) mass is 561 g/mol. The van der Waals surface area contributed by atoms with Crippen LogP contribution in [-0.4, -0.2) is 69.4 Å². The molecule has 0 N–H and O–H groups in total. The third-order valence-electron chi connectivity index (χ3n) is 6.56. The number of piperazine rings is 1. The first-order valence-electron chi connectivity index (χ1n) is 11.5. The average molecular weight is 562 g/mol. The summed E-state index contributed by atoms with van der Waals surface area (Å²) in [6.45, 7) is 5.66. The van der Waals surface area contributed by atoms with E-state index in [9.17, 15) is 22.8 Å². The van der Waals surface area contributed by atoms with Crippen LogP contribution in [0.2, 0.25) is 0 Å². The summed E-state index contributed by atoms with van der Waals surface area (Å²) in [4.78, 5) is 41.8. The molecule has 35 heavy (non-hydrogen) atoms. The first-order chi connectivity index (χ1) is 16.6. The number of carbonyl (C=O) groups is 3. The Bertz CT molecular complexity index is 1270. The van der Waals surface area contributed by atoms with Gasteiger partial charge in [-0.15, -0.1) is 0 Å². The van der Waals surface area contributed by atoms with E-state index in [4.69, 9.17) is 0 Å². The highest BCUT2D eigenvalue weighted by Crippen LogP contribution is 2.38. The topological polar surface area (TPSA) is 95.1 Å². The SMILES string of the molecule is CC(=O)c1ccc(N2CCN(C(=O)CCS(=O)(=O)c3cc(Br)cc4c3N(C(C)=O)CC4)CC2)cc1. The molecule has 0 bridgehead atoms. The summed E-state index contributed by atoms with van der Waals surface area (Å²) in [5.74, 6) is -0.695. The molecule has 0 saturated carbocycles. The van der Waals surface area contributed by atoms with Crippen molar-refractivity contribution in [2.45, 2.75) is 31.6 Å². The van der Waals surface area contributed by atoms with Crippen LogP contribution < -0.4 is 9.80 Å². The van der Waals surface area contributed by atoms with E-state index in [1.54, 1.807) is 17.0 Å². The summed E-state index contributed by atoms with van der Waals surface area (Å²) in [6, 6.07) is 10.8. The van der Waals surface area contributed by atoms with Crippen LogP contribution in [0.4, 0.5) is 11.4 Å². The number of amides is 2. The number of hydrogen-bond acceptors (Lipinski definition) is 6. The maximum Gasteiger partial charge on any atom is 0.223 e. The van der Waals surface area contributed by atoms with Gasteiger partial charge in [-0.2, -0.15) is 0 Å². The van der Waals surface area contributed by atoms with E-state index < -0.39 is 9.84 Å². The molecule has 2 aliphatic heterocycles. The normalized spacial score (nSPS) is 15.8. The van der Waals surface area contributed by atoms with Crippen LogP contribution in [-0.2, 0) is 25.8 Å². The molecule has 0 atom stereocenters. The van der Waals surface area contributed by atoms with E-state index in [1.807, 2.05) is 18.2 Å². The first kappa shape index (κ1) is 25.4. The van der Waals surface area contributed by atoms with Gasteiger partial charge in [0.05, 0.1) is 16.3 Å². The number of ketones is 1. The number of Topliss-reactive ketones (excluding diaryl/α,β-unsaturated/α-hetero) is 1. The predicted molar refractivity (Wildman–Crippen MR) is 138 cm³/mol. The Labute approximate surface area is 213 Å². The van der Waals surface area contributed by atoms with Crippen molar-refractivity contribution in [3.8, 4) is 0 Å². The van der Waals surface area contributed by atoms with Gasteiger partial charge in [-0.1, -0.05) is 15.9 Å². The fourth-order valence-corrected chi connectivity index (χ4v) is 6.79. The van der Waals surface area contributed by atoms with Gasteiger partial charge in [0, 0.05) is 61.8 Å². The second-order valence-electron chi connectivity index (χ2n) is 8.87. The Balaban J connectivity index is 1.39. The zero-order chi connectivity index (χ0) is 25.3. The second kappa shape index (κ2) is 10.1. The van der Waals surface area contributed by atoms with Gasteiger partial charge in [0.15, 0.2) is 15.6 Å². The highest BCUT2D eigenvalue weighted by atomic mass is 79.9. The highest BCUT2D eigenvalue weighted by molar-refractivity contribution is 9.10. The summed E-state index contributed by atoms with van der Waals surface area (Å²) in [7, 11) is -3.78. The molecule has 1 saturated heterocycles. The summed E-state index contributed by atoms with van der Waals surface area (Å²) in [5.41, 5.74) is 2.90. The number of sulfone groups is 1. The zero-order valence-electron chi connectivity index (χ0n) is 19.8. The Morgan fingerprint density at radius 2 is 1.60 bits per heavy atom. The van der Waals surface area contributed by atoms with Gasteiger partial charge in [0.25, 0.3) is 0 Å². The molecule has 1 fully saturated rings. The largest absolute Gasteiger partial charge is 0.368 e. The standard InChI is InChI=1S/C25H28BrN3O5S/c1-17(30)19-3-5-22(6-4-19)27-10-12-28(13-11-27)24(32)8-14-35(33,34)23-16-21(26)15-20-7-9-29(18(2)31)25(20)23/h3-6,15-16H,7-14H2,1-2H3. The molecule has 10 heteroatoms. The van der Waals surface area contributed by atoms with Gasteiger partial charge in [-0.25, -0.2) is 8.42 Å². The van der Waals surface area contributed by atoms with E-state index in [0.29, 0.717) is 54.9 Å². The summed E-state index contributed by atoms with van der Waals surface area (Å²) in [5, 5.41) is 0. The molecule has 186 valence electrons. The second-order valence-corrected chi connectivity index (χ2v) is 11.9. The Kier molecular flexibility index (Phi) is 7.32. The molecule has 0 unspecified atom stereocenters. The third kappa shape index (κ3) is 5.43. The molecule has 0 aliphatic carbocycles. The van der Waals surface area contributed by atoms with Gasteiger partial charge in [0.2, 0.25) is 11.8 Å². The number of hydrogen-bond donors (Lipinski definition) is 0. The Hall–Kier alpha value is -2.72. The number of halogens is 1. The summed E-state index contributed by atoms with van der Waals surface area (Å²) < 4.78 is 27.1. The smallest absolute Gasteiger partial charge is 0.223 e. The van der Waals surface area contributed by atoms with Crippen molar-refractivity contribution >= 4 is 54.7 Å². The van der Waals surface area contributed by atoms with Gasteiger partial charge >= 0.3 is 0 Å². The Morgan fingerprint density at radius 1 is 0.943 bits per heavy atom. The van der Waals surface area contributed by atoms with Crippen molar-refractivity contribution in [1.82, 2.24) is 4.90 Å². The van der Waals surface area contributed by atoms with Gasteiger partial charge < -0.3 is 14.7 Å². The molecular weight excluding hydrogens is 534 g/mol. The van der Waals surface area contributed by atoms with Gasteiger partial charge in [0.1, 0.15) is 0 Å². The van der Waals surface area contributed by atoms with Crippen molar-refractivity contribution in [2.24, 2.45) is 0 Å². The molecule has 0 aromatic heterocycles. The molecule has 2 aromatic rings. The van der Waals surface area contributed by atoms with E-state index in [2.05, 4.69) is 20.8 Å². The minimum atomic E-state index is -3.78. The van der Waals surface area contributed by atoms with Crippen molar-refractivity contribution in [2.75, 3.05) is 48.3 Å². The molecule has 2 aliphatic rings. The van der Waals surface area contributed by atoms with Gasteiger partial charge in [-0.3, -0.25) is 14.4 Å². The van der Waals surface area contributed by atoms with Gasteiger partial charge in [-0.05, 0) is 55.3 Å². The quantitative estimate of drug-likeness (QED) is 0.503. The number of benzene rings is 2. The highest BCUT2D eigenvalue weighted by Gasteiger charge is 2.32. The van der Waals surface area contributed by atoms with Crippen LogP contribution in [0.25, 0.3) is 0 Å². The van der Waals surface area contributed by atoms with E-state index >= 15 is 0 Å². The number of carbonyl (C=O) groups excluding carboxylic acids is 3. The van der Waals surface area contributed by atoms with Crippen LogP contribution in [0, 0.1) is 0 Å². The summed E-state index contributed by atoms with van der Waals surface area (Å²) in [6.07, 6.45) is 0.481. The molecule has 4 rings (SSSR count). The maximum atomic E-state index is 13.3. The van der Waals surface area contributed by atoms with Crippen LogP contribution in [0.3, 0.4) is 0 Å². The van der Waals surface area contributed by atoms with Crippen molar-refractivity contribution in [3.63, 3.8) is 0 Å². The lowest BCUT2D eigenvalue weighted by molar-refractivity contribution is -0.131. The van der Waals surface area contributed by atoms with E-state index in [-0.39, 0.29) is 34.7 Å². The zero-order valence-corrected chi connectivity index (χ0v) is 22.2. The van der Waals surface area contributed by atoms with E-state index in [1.165, 1.54) is 24.8 Å². The van der Waals surface area contributed by atoms with Crippen LogP contribution >= 0.6 is 15.9 Å².